The maximum absolute atomic E-state index is 11.7. The average molecular weight is 238 g/mol. The maximum Gasteiger partial charge on any atom is 0.309 e. The van der Waals surface area contributed by atoms with Crippen LogP contribution in [0, 0.1) is 19.3 Å². The predicted octanol–water partition coefficient (Wildman–Crippen LogP) is 1.36. The molecule has 0 aliphatic carbocycles. The molecule has 1 heterocycles. The van der Waals surface area contributed by atoms with Gasteiger partial charge < -0.3 is 5.11 Å². The minimum absolute atomic E-state index is 0.129. The van der Waals surface area contributed by atoms with Gasteiger partial charge in [0.2, 0.25) is 0 Å². The van der Waals surface area contributed by atoms with E-state index in [1.807, 2.05) is 0 Å². The van der Waals surface area contributed by atoms with E-state index in [1.54, 1.807) is 27.7 Å². The van der Waals surface area contributed by atoms with Crippen molar-refractivity contribution in [3.63, 3.8) is 0 Å². The van der Waals surface area contributed by atoms with Gasteiger partial charge in [-0.15, -0.1) is 0 Å². The molecule has 0 amide bonds. The topological polar surface area (TPSA) is 72.2 Å². The summed E-state index contributed by atoms with van der Waals surface area (Å²) in [5.41, 5.74) is -0.283. The first-order chi connectivity index (χ1) is 7.74. The van der Waals surface area contributed by atoms with Gasteiger partial charge in [0.25, 0.3) is 5.56 Å². The maximum atomic E-state index is 11.7. The summed E-state index contributed by atoms with van der Waals surface area (Å²) >= 11 is 0. The number of carbonyl (C=O) groups is 1. The summed E-state index contributed by atoms with van der Waals surface area (Å²) in [5, 5.41) is 9.00. The van der Waals surface area contributed by atoms with E-state index in [4.69, 9.17) is 5.11 Å². The van der Waals surface area contributed by atoms with E-state index >= 15 is 0 Å². The Bertz CT molecular complexity index is 489. The van der Waals surface area contributed by atoms with Crippen LogP contribution in [-0.2, 0) is 11.3 Å². The van der Waals surface area contributed by atoms with Gasteiger partial charge in [0, 0.05) is 18.3 Å². The van der Waals surface area contributed by atoms with E-state index in [0.29, 0.717) is 24.5 Å². The van der Waals surface area contributed by atoms with Crippen molar-refractivity contribution in [3.05, 3.63) is 27.9 Å². The number of rotatable bonds is 4. The molecule has 17 heavy (non-hydrogen) atoms. The minimum Gasteiger partial charge on any atom is -0.481 e. The van der Waals surface area contributed by atoms with Crippen molar-refractivity contribution in [3.8, 4) is 0 Å². The number of hydrogen-bond donors (Lipinski definition) is 1. The van der Waals surface area contributed by atoms with Crippen molar-refractivity contribution >= 4 is 5.97 Å². The molecule has 0 atom stereocenters. The van der Waals surface area contributed by atoms with Gasteiger partial charge in [-0.2, -0.15) is 0 Å². The molecule has 0 saturated heterocycles. The molecule has 0 spiro atoms. The molecule has 0 bridgehead atoms. The zero-order valence-corrected chi connectivity index (χ0v) is 10.6. The molecule has 1 aromatic heterocycles. The lowest BCUT2D eigenvalue weighted by Gasteiger charge is -2.20. The van der Waals surface area contributed by atoms with E-state index < -0.39 is 11.4 Å². The molecule has 5 heteroatoms. The molecule has 0 radical (unpaired) electrons. The Morgan fingerprint density at radius 2 is 2.06 bits per heavy atom. The van der Waals surface area contributed by atoms with Crippen molar-refractivity contribution < 1.29 is 9.90 Å². The Kier molecular flexibility index (Phi) is 3.70. The number of aliphatic carboxylic acids is 1. The van der Waals surface area contributed by atoms with Crippen molar-refractivity contribution in [2.75, 3.05) is 0 Å². The SMILES string of the molecule is Cc1cc(=O)n(CCC(C)(C)C(=O)O)c(C)n1. The molecule has 1 rings (SSSR count). The summed E-state index contributed by atoms with van der Waals surface area (Å²) in [7, 11) is 0. The zero-order valence-electron chi connectivity index (χ0n) is 10.6. The monoisotopic (exact) mass is 238 g/mol. The van der Waals surface area contributed by atoms with Gasteiger partial charge >= 0.3 is 5.97 Å². The third kappa shape index (κ3) is 3.15. The van der Waals surface area contributed by atoms with Gasteiger partial charge in [0.05, 0.1) is 5.41 Å². The first-order valence-electron chi connectivity index (χ1n) is 5.52. The molecule has 0 aromatic carbocycles. The summed E-state index contributed by atoms with van der Waals surface area (Å²) in [4.78, 5) is 26.9. The van der Waals surface area contributed by atoms with Gasteiger partial charge in [0.1, 0.15) is 5.82 Å². The molecule has 94 valence electrons. The summed E-state index contributed by atoms with van der Waals surface area (Å²) in [6.45, 7) is 7.19. The average Bonchev–Trinajstić information content (AvgIpc) is 2.15. The minimum atomic E-state index is -0.858. The van der Waals surface area contributed by atoms with Gasteiger partial charge in [-0.1, -0.05) is 0 Å². The summed E-state index contributed by atoms with van der Waals surface area (Å²) in [6, 6.07) is 1.46. The number of aromatic nitrogens is 2. The Hall–Kier alpha value is -1.65. The van der Waals surface area contributed by atoms with Crippen molar-refractivity contribution in [1.82, 2.24) is 9.55 Å². The second-order valence-electron chi connectivity index (χ2n) is 4.87. The number of nitrogens with zero attached hydrogens (tertiary/aromatic N) is 2. The Morgan fingerprint density at radius 3 is 2.53 bits per heavy atom. The Labute approximate surface area is 100 Å². The Morgan fingerprint density at radius 1 is 1.47 bits per heavy atom. The molecule has 0 saturated carbocycles. The van der Waals surface area contributed by atoms with Crippen molar-refractivity contribution in [2.45, 2.75) is 40.7 Å². The highest BCUT2D eigenvalue weighted by molar-refractivity contribution is 5.73. The first-order valence-corrected chi connectivity index (χ1v) is 5.52. The molecular formula is C12H18N2O3. The summed E-state index contributed by atoms with van der Waals surface area (Å²) < 4.78 is 1.51. The molecular weight excluding hydrogens is 220 g/mol. The fraction of sp³-hybridized carbons (Fsp3) is 0.583. The highest BCUT2D eigenvalue weighted by Crippen LogP contribution is 2.21. The molecule has 0 unspecified atom stereocenters. The van der Waals surface area contributed by atoms with Crippen LogP contribution >= 0.6 is 0 Å². The quantitative estimate of drug-likeness (QED) is 0.859. The molecule has 0 aliphatic heterocycles. The van der Waals surface area contributed by atoms with Gasteiger partial charge in [-0.3, -0.25) is 14.2 Å². The molecule has 0 aliphatic rings. The van der Waals surface area contributed by atoms with E-state index in [-0.39, 0.29) is 5.56 Å². The third-order valence-electron chi connectivity index (χ3n) is 2.87. The second kappa shape index (κ2) is 4.69. The second-order valence-corrected chi connectivity index (χ2v) is 4.87. The molecule has 0 fully saturated rings. The van der Waals surface area contributed by atoms with E-state index in [9.17, 15) is 9.59 Å². The zero-order chi connectivity index (χ0) is 13.2. The van der Waals surface area contributed by atoms with Crippen LogP contribution in [0.25, 0.3) is 0 Å². The van der Waals surface area contributed by atoms with E-state index in [2.05, 4.69) is 4.98 Å². The lowest BCUT2D eigenvalue weighted by molar-refractivity contribution is -0.147. The fourth-order valence-electron chi connectivity index (χ4n) is 1.53. The van der Waals surface area contributed by atoms with E-state index in [0.717, 1.165) is 0 Å². The van der Waals surface area contributed by atoms with Crippen LogP contribution in [0.4, 0.5) is 0 Å². The van der Waals surface area contributed by atoms with Crippen LogP contribution < -0.4 is 5.56 Å². The normalized spacial score (nSPS) is 11.5. The number of carboxylic acid groups (broad SMARTS) is 1. The largest absolute Gasteiger partial charge is 0.481 e. The number of carboxylic acids is 1. The summed E-state index contributed by atoms with van der Waals surface area (Å²) in [6.07, 6.45) is 0.397. The van der Waals surface area contributed by atoms with Crippen LogP contribution in [0.1, 0.15) is 31.8 Å². The first kappa shape index (κ1) is 13.4. The third-order valence-corrected chi connectivity index (χ3v) is 2.87. The van der Waals surface area contributed by atoms with Gasteiger partial charge in [-0.05, 0) is 34.1 Å². The molecule has 5 nitrogen and oxygen atoms in total. The van der Waals surface area contributed by atoms with Crippen LogP contribution in [0.2, 0.25) is 0 Å². The number of hydrogen-bond acceptors (Lipinski definition) is 3. The molecule has 1 N–H and O–H groups in total. The van der Waals surface area contributed by atoms with Crippen molar-refractivity contribution in [1.29, 1.82) is 0 Å². The van der Waals surface area contributed by atoms with Gasteiger partial charge in [-0.25, -0.2) is 4.98 Å². The predicted molar refractivity (Wildman–Crippen MR) is 64.0 cm³/mol. The fourth-order valence-corrected chi connectivity index (χ4v) is 1.53. The van der Waals surface area contributed by atoms with Crippen LogP contribution in [0.15, 0.2) is 10.9 Å². The van der Waals surface area contributed by atoms with Gasteiger partial charge in [0.15, 0.2) is 0 Å². The van der Waals surface area contributed by atoms with Crippen molar-refractivity contribution in [2.24, 2.45) is 5.41 Å². The molecule has 1 aromatic rings. The van der Waals surface area contributed by atoms with Crippen LogP contribution in [0.5, 0.6) is 0 Å². The lowest BCUT2D eigenvalue weighted by atomic mass is 9.89. The standard InChI is InChI=1S/C12H18N2O3/c1-8-7-10(15)14(9(2)13-8)6-5-12(3,4)11(16)17/h7H,5-6H2,1-4H3,(H,16,17). The Balaban J connectivity index is 2.91. The van der Waals surface area contributed by atoms with Crippen LogP contribution in [-0.4, -0.2) is 20.6 Å². The van der Waals surface area contributed by atoms with E-state index in [1.165, 1.54) is 10.6 Å². The highest BCUT2D eigenvalue weighted by atomic mass is 16.4. The van der Waals surface area contributed by atoms with Crippen LogP contribution in [0.3, 0.4) is 0 Å². The highest BCUT2D eigenvalue weighted by Gasteiger charge is 2.26. The lowest BCUT2D eigenvalue weighted by Crippen LogP contribution is -2.30. The smallest absolute Gasteiger partial charge is 0.309 e. The summed E-state index contributed by atoms with van der Waals surface area (Å²) in [5.74, 6) is -0.237. The number of aryl methyl sites for hydroxylation is 2.